The number of hydrogen-bond donors (Lipinski definition) is 2. The fourth-order valence-electron chi connectivity index (χ4n) is 9.55. The molecule has 4 nitrogen and oxygen atoms in total. The van der Waals surface area contributed by atoms with Gasteiger partial charge in [0, 0.05) is 12.6 Å². The van der Waals surface area contributed by atoms with Crippen LogP contribution in [0.3, 0.4) is 0 Å². The van der Waals surface area contributed by atoms with Gasteiger partial charge in [0.15, 0.2) is 0 Å². The Kier molecular flexibility index (Phi) is 15.3. The zero-order valence-corrected chi connectivity index (χ0v) is 29.4. The molecule has 1 amide bonds. The van der Waals surface area contributed by atoms with Gasteiger partial charge in [-0.3, -0.25) is 9.78 Å². The molecule has 4 heteroatoms. The van der Waals surface area contributed by atoms with E-state index in [1.807, 2.05) is 32.0 Å². The molecule has 0 aliphatic heterocycles. The van der Waals surface area contributed by atoms with Gasteiger partial charge in [0.2, 0.25) is 5.91 Å². The van der Waals surface area contributed by atoms with E-state index in [0.29, 0.717) is 30.2 Å². The SMILES string of the molecule is CC#CCC.CCC.CCCC1(C(=O)NCc2ccccn2)CCC2C(CCCCC3C(C)(C)C(O)CCC23C)C1CC. The van der Waals surface area contributed by atoms with E-state index in [1.54, 1.807) is 6.20 Å². The van der Waals surface area contributed by atoms with Gasteiger partial charge in [0.05, 0.1) is 23.8 Å². The van der Waals surface area contributed by atoms with Crippen LogP contribution in [-0.2, 0) is 11.3 Å². The van der Waals surface area contributed by atoms with Crippen LogP contribution >= 0.6 is 0 Å². The predicted molar refractivity (Wildman–Crippen MR) is 182 cm³/mol. The lowest BCUT2D eigenvalue weighted by atomic mass is 9.42. The van der Waals surface area contributed by atoms with Gasteiger partial charge >= 0.3 is 0 Å². The second-order valence-corrected chi connectivity index (χ2v) is 14.4. The van der Waals surface area contributed by atoms with Crippen molar-refractivity contribution in [3.63, 3.8) is 0 Å². The summed E-state index contributed by atoms with van der Waals surface area (Å²) >= 11 is 0. The molecule has 1 heterocycles. The second kappa shape index (κ2) is 17.6. The highest BCUT2D eigenvalue weighted by Gasteiger charge is 2.60. The van der Waals surface area contributed by atoms with Crippen molar-refractivity contribution in [2.24, 2.45) is 39.9 Å². The number of rotatable bonds is 6. The van der Waals surface area contributed by atoms with Crippen molar-refractivity contribution in [3.05, 3.63) is 30.1 Å². The first-order valence-electron chi connectivity index (χ1n) is 17.8. The van der Waals surface area contributed by atoms with Crippen molar-refractivity contribution < 1.29 is 9.90 Å². The van der Waals surface area contributed by atoms with Crippen LogP contribution in [0.1, 0.15) is 151 Å². The van der Waals surface area contributed by atoms with Gasteiger partial charge in [0.1, 0.15) is 0 Å². The minimum absolute atomic E-state index is 0.0331. The Morgan fingerprint density at radius 1 is 1.02 bits per heavy atom. The zero-order valence-electron chi connectivity index (χ0n) is 29.4. The Balaban J connectivity index is 0.000000719. The summed E-state index contributed by atoms with van der Waals surface area (Å²) in [6.45, 7) is 20.4. The van der Waals surface area contributed by atoms with E-state index in [0.717, 1.165) is 57.1 Å². The lowest BCUT2D eigenvalue weighted by Gasteiger charge is -2.62. The van der Waals surface area contributed by atoms with Crippen LogP contribution in [-0.4, -0.2) is 22.1 Å². The number of hydrogen-bond acceptors (Lipinski definition) is 3. The molecule has 3 aliphatic carbocycles. The number of fused-ring (bicyclic) bond motifs is 3. The quantitative estimate of drug-likeness (QED) is 0.322. The summed E-state index contributed by atoms with van der Waals surface area (Å²) in [4.78, 5) is 18.4. The van der Waals surface area contributed by atoms with E-state index in [2.05, 4.69) is 70.6 Å². The number of pyridine rings is 1. The highest BCUT2D eigenvalue weighted by molar-refractivity contribution is 5.83. The van der Waals surface area contributed by atoms with Gasteiger partial charge in [-0.15, -0.1) is 11.8 Å². The minimum Gasteiger partial charge on any atom is -0.393 e. The average Bonchev–Trinajstić information content (AvgIpc) is 2.98. The molecule has 244 valence electrons. The number of aromatic nitrogens is 1. The molecule has 1 aromatic rings. The van der Waals surface area contributed by atoms with Crippen molar-refractivity contribution in [3.8, 4) is 11.8 Å². The molecule has 4 rings (SSSR count). The average molecular weight is 595 g/mol. The summed E-state index contributed by atoms with van der Waals surface area (Å²) in [6.07, 6.45) is 16.2. The van der Waals surface area contributed by atoms with E-state index in [4.69, 9.17) is 0 Å². The van der Waals surface area contributed by atoms with Crippen LogP contribution in [0.4, 0.5) is 0 Å². The molecule has 7 unspecified atom stereocenters. The van der Waals surface area contributed by atoms with E-state index < -0.39 is 0 Å². The third-order valence-electron chi connectivity index (χ3n) is 11.4. The number of carbonyl (C=O) groups is 1. The lowest BCUT2D eigenvalue weighted by Crippen LogP contribution is -2.59. The van der Waals surface area contributed by atoms with Crippen molar-refractivity contribution in [2.75, 3.05) is 0 Å². The molecule has 43 heavy (non-hydrogen) atoms. The van der Waals surface area contributed by atoms with Gasteiger partial charge in [-0.25, -0.2) is 0 Å². The summed E-state index contributed by atoms with van der Waals surface area (Å²) in [7, 11) is 0. The van der Waals surface area contributed by atoms with E-state index in [9.17, 15) is 9.90 Å². The van der Waals surface area contributed by atoms with Gasteiger partial charge in [-0.2, -0.15) is 0 Å². The number of nitrogens with zero attached hydrogens (tertiary/aromatic N) is 1. The fraction of sp³-hybridized carbons (Fsp3) is 0.795. The molecular formula is C39H66N2O2. The highest BCUT2D eigenvalue weighted by Crippen LogP contribution is 2.65. The Morgan fingerprint density at radius 3 is 2.28 bits per heavy atom. The molecule has 2 N–H and O–H groups in total. The standard InChI is InChI=1S/C31H50N2O2.C5H8.C3H8/c1-6-17-31(28(35)33-21-22-12-10-11-20-32-22)19-15-25-23(24(31)7-2)13-8-9-14-26-29(3,4)27(34)16-18-30(25,26)5;1-3-5-4-2;1-3-2/h10-12,20,23-27,34H,6-9,13-19,21H2,1-5H3,(H,33,35);3H2,1-2H3;3H2,1-2H3. The predicted octanol–water partition coefficient (Wildman–Crippen LogP) is 9.75. The largest absolute Gasteiger partial charge is 0.393 e. The number of aliphatic hydroxyl groups excluding tert-OH is 1. The molecule has 7 atom stereocenters. The van der Waals surface area contributed by atoms with Gasteiger partial charge < -0.3 is 10.4 Å². The first-order chi connectivity index (χ1) is 20.5. The zero-order chi connectivity index (χ0) is 32.1. The highest BCUT2D eigenvalue weighted by atomic mass is 16.3. The molecule has 0 spiro atoms. The summed E-state index contributed by atoms with van der Waals surface area (Å²) in [5, 5.41) is 14.3. The summed E-state index contributed by atoms with van der Waals surface area (Å²) < 4.78 is 0. The Morgan fingerprint density at radius 2 is 1.72 bits per heavy atom. The molecule has 0 aromatic carbocycles. The molecule has 0 radical (unpaired) electrons. The van der Waals surface area contributed by atoms with E-state index >= 15 is 0 Å². The van der Waals surface area contributed by atoms with Crippen LogP contribution in [0.2, 0.25) is 0 Å². The number of carbonyl (C=O) groups excluding carboxylic acids is 1. The lowest BCUT2D eigenvalue weighted by molar-refractivity contribution is -0.170. The van der Waals surface area contributed by atoms with Crippen molar-refractivity contribution in [1.29, 1.82) is 0 Å². The maximum absolute atomic E-state index is 14.0. The maximum atomic E-state index is 14.0. The van der Waals surface area contributed by atoms with Crippen LogP contribution in [0.25, 0.3) is 0 Å². The summed E-state index contributed by atoms with van der Waals surface area (Å²) in [6, 6.07) is 5.91. The molecule has 0 saturated heterocycles. The number of amides is 1. The first-order valence-corrected chi connectivity index (χ1v) is 17.8. The van der Waals surface area contributed by atoms with Gasteiger partial charge in [-0.05, 0) is 98.5 Å². The van der Waals surface area contributed by atoms with Crippen molar-refractivity contribution in [1.82, 2.24) is 10.3 Å². The van der Waals surface area contributed by atoms with Crippen LogP contribution in [0.15, 0.2) is 24.4 Å². The van der Waals surface area contributed by atoms with Crippen LogP contribution in [0.5, 0.6) is 0 Å². The van der Waals surface area contributed by atoms with E-state index in [-0.39, 0.29) is 28.3 Å². The summed E-state index contributed by atoms with van der Waals surface area (Å²) in [5.41, 5.74) is 0.880. The smallest absolute Gasteiger partial charge is 0.226 e. The number of nitrogens with one attached hydrogen (secondary N) is 1. The minimum atomic E-state index is -0.270. The molecule has 1 aromatic heterocycles. The Hall–Kier alpha value is -1.86. The first kappa shape index (κ1) is 37.3. The molecule has 3 fully saturated rings. The molecule has 3 aliphatic rings. The molecular weight excluding hydrogens is 528 g/mol. The third kappa shape index (κ3) is 8.65. The Labute approximate surface area is 266 Å². The maximum Gasteiger partial charge on any atom is 0.226 e. The van der Waals surface area contributed by atoms with Crippen molar-refractivity contribution >= 4 is 5.91 Å². The second-order valence-electron chi connectivity index (χ2n) is 14.4. The van der Waals surface area contributed by atoms with Gasteiger partial charge in [-0.1, -0.05) is 93.6 Å². The normalized spacial score (nSPS) is 32.7. The Bertz CT molecular complexity index is 1010. The fourth-order valence-corrected chi connectivity index (χ4v) is 9.55. The van der Waals surface area contributed by atoms with Crippen LogP contribution in [0, 0.1) is 51.8 Å². The number of aliphatic hydroxyl groups is 1. The van der Waals surface area contributed by atoms with Gasteiger partial charge in [0.25, 0.3) is 0 Å². The topological polar surface area (TPSA) is 62.2 Å². The molecule has 0 bridgehead atoms. The summed E-state index contributed by atoms with van der Waals surface area (Å²) in [5.74, 6) is 8.12. The van der Waals surface area contributed by atoms with E-state index in [1.165, 1.54) is 32.1 Å². The van der Waals surface area contributed by atoms with Crippen molar-refractivity contribution in [2.45, 2.75) is 158 Å². The molecule has 3 saturated carbocycles. The monoisotopic (exact) mass is 595 g/mol. The third-order valence-corrected chi connectivity index (χ3v) is 11.4. The van der Waals surface area contributed by atoms with Crippen LogP contribution < -0.4 is 5.32 Å².